The van der Waals surface area contributed by atoms with E-state index in [-0.39, 0.29) is 23.7 Å². The van der Waals surface area contributed by atoms with Gasteiger partial charge in [0.15, 0.2) is 5.78 Å². The first kappa shape index (κ1) is 32.1. The summed E-state index contributed by atoms with van der Waals surface area (Å²) in [5, 5.41) is 0. The Balaban J connectivity index is 1.63. The number of hydrogen-bond donors (Lipinski definition) is 0. The molecule has 1 amide bonds. The van der Waals surface area contributed by atoms with E-state index in [1.165, 1.54) is 70.0 Å². The van der Waals surface area contributed by atoms with Crippen LogP contribution in [0.1, 0.15) is 140 Å². The molecule has 2 atom stereocenters. The SMILES string of the molecule is CCCCCN(CCC)CCCCC#Cc1cccc2c1CN(C(CCC(C)=C1CCC1)C(=O)C(C)CC)C2=O. The third kappa shape index (κ3) is 8.81. The number of amides is 1. The zero-order chi connectivity index (χ0) is 28.9. The molecule has 1 aliphatic carbocycles. The van der Waals surface area contributed by atoms with Gasteiger partial charge in [0.05, 0.1) is 6.04 Å². The quantitative estimate of drug-likeness (QED) is 0.112. The van der Waals surface area contributed by atoms with Crippen molar-refractivity contribution in [3.05, 3.63) is 46.0 Å². The molecule has 0 saturated heterocycles. The number of hydrogen-bond acceptors (Lipinski definition) is 3. The van der Waals surface area contributed by atoms with Gasteiger partial charge in [-0.3, -0.25) is 9.59 Å². The molecule has 4 nitrogen and oxygen atoms in total. The van der Waals surface area contributed by atoms with E-state index in [2.05, 4.69) is 44.4 Å². The smallest absolute Gasteiger partial charge is 0.255 e. The maximum atomic E-state index is 13.6. The van der Waals surface area contributed by atoms with Gasteiger partial charge in [-0.15, -0.1) is 0 Å². The monoisotopic (exact) mass is 546 g/mol. The van der Waals surface area contributed by atoms with Crippen molar-refractivity contribution in [2.75, 3.05) is 19.6 Å². The lowest BCUT2D eigenvalue weighted by Gasteiger charge is -2.29. The first-order chi connectivity index (χ1) is 19.4. The van der Waals surface area contributed by atoms with Gasteiger partial charge in [0.1, 0.15) is 0 Å². The van der Waals surface area contributed by atoms with Crippen molar-refractivity contribution in [2.24, 2.45) is 5.92 Å². The van der Waals surface area contributed by atoms with Gasteiger partial charge in [-0.1, -0.05) is 69.6 Å². The number of allylic oxidation sites excluding steroid dienone is 2. The lowest BCUT2D eigenvalue weighted by molar-refractivity contribution is -0.127. The second-order valence-corrected chi connectivity index (χ2v) is 12.1. The highest BCUT2D eigenvalue weighted by Crippen LogP contribution is 2.33. The number of Topliss-reactive ketones (excluding diaryl/α,β-unsaturated/α-hetero) is 1. The van der Waals surface area contributed by atoms with Crippen LogP contribution in [0.15, 0.2) is 29.3 Å². The average molecular weight is 547 g/mol. The molecule has 1 aromatic rings. The summed E-state index contributed by atoms with van der Waals surface area (Å²) in [4.78, 5) is 31.5. The molecular formula is C36H54N2O2. The summed E-state index contributed by atoms with van der Waals surface area (Å²) in [5.41, 5.74) is 5.65. The fraction of sp³-hybridized carbons (Fsp3) is 0.667. The Kier molecular flexibility index (Phi) is 13.5. The van der Waals surface area contributed by atoms with Gasteiger partial charge >= 0.3 is 0 Å². The molecule has 1 heterocycles. The molecular weight excluding hydrogens is 492 g/mol. The number of benzene rings is 1. The molecule has 2 unspecified atom stereocenters. The first-order valence-corrected chi connectivity index (χ1v) is 16.3. The summed E-state index contributed by atoms with van der Waals surface area (Å²) >= 11 is 0. The molecule has 4 heteroatoms. The molecule has 220 valence electrons. The summed E-state index contributed by atoms with van der Waals surface area (Å²) in [6.45, 7) is 14.8. The normalized spacial score (nSPS) is 15.9. The van der Waals surface area contributed by atoms with E-state index >= 15 is 0 Å². The molecule has 2 aliphatic rings. The maximum Gasteiger partial charge on any atom is 0.255 e. The Morgan fingerprint density at radius 3 is 2.42 bits per heavy atom. The molecule has 0 radical (unpaired) electrons. The van der Waals surface area contributed by atoms with Crippen LogP contribution in [-0.2, 0) is 11.3 Å². The number of unbranched alkanes of at least 4 members (excludes halogenated alkanes) is 4. The van der Waals surface area contributed by atoms with Crippen LogP contribution < -0.4 is 0 Å². The number of carbonyl (C=O) groups excluding carboxylic acids is 2. The average Bonchev–Trinajstić information content (AvgIpc) is 3.25. The van der Waals surface area contributed by atoms with Gasteiger partial charge in [0.2, 0.25) is 0 Å². The van der Waals surface area contributed by atoms with E-state index in [4.69, 9.17) is 0 Å². The molecule has 0 aromatic heterocycles. The number of nitrogens with zero attached hydrogens (tertiary/aromatic N) is 2. The van der Waals surface area contributed by atoms with E-state index < -0.39 is 0 Å². The fourth-order valence-corrected chi connectivity index (χ4v) is 5.96. The van der Waals surface area contributed by atoms with Crippen LogP contribution in [0.4, 0.5) is 0 Å². The van der Waals surface area contributed by atoms with Gasteiger partial charge in [-0.05, 0) is 108 Å². The summed E-state index contributed by atoms with van der Waals surface area (Å²) in [5.74, 6) is 6.93. The van der Waals surface area contributed by atoms with Gasteiger partial charge in [0.25, 0.3) is 5.91 Å². The summed E-state index contributed by atoms with van der Waals surface area (Å²) in [7, 11) is 0. The molecule has 1 aromatic carbocycles. The first-order valence-electron chi connectivity index (χ1n) is 16.3. The van der Waals surface area contributed by atoms with Gasteiger partial charge in [0, 0.05) is 30.0 Å². The van der Waals surface area contributed by atoms with Crippen LogP contribution in [0.25, 0.3) is 0 Å². The predicted molar refractivity (Wildman–Crippen MR) is 167 cm³/mol. The van der Waals surface area contributed by atoms with Gasteiger partial charge in [-0.2, -0.15) is 0 Å². The fourth-order valence-electron chi connectivity index (χ4n) is 5.96. The Hall–Kier alpha value is -2.38. The number of carbonyl (C=O) groups is 2. The third-order valence-electron chi connectivity index (χ3n) is 9.02. The van der Waals surface area contributed by atoms with Crippen LogP contribution in [0.2, 0.25) is 0 Å². The highest BCUT2D eigenvalue weighted by atomic mass is 16.2. The Labute approximate surface area is 245 Å². The zero-order valence-corrected chi connectivity index (χ0v) is 26.1. The van der Waals surface area contributed by atoms with Crippen molar-refractivity contribution in [1.82, 2.24) is 9.80 Å². The molecule has 1 fully saturated rings. The molecule has 0 N–H and O–H groups in total. The van der Waals surface area contributed by atoms with Crippen molar-refractivity contribution in [3.63, 3.8) is 0 Å². The van der Waals surface area contributed by atoms with Crippen molar-refractivity contribution in [3.8, 4) is 11.8 Å². The topological polar surface area (TPSA) is 40.6 Å². The number of fused-ring (bicyclic) bond motifs is 1. The number of ketones is 1. The highest BCUT2D eigenvalue weighted by Gasteiger charge is 2.38. The number of rotatable bonds is 17. The predicted octanol–water partition coefficient (Wildman–Crippen LogP) is 8.33. The summed E-state index contributed by atoms with van der Waals surface area (Å²) in [6.07, 6.45) is 14.3. The minimum atomic E-state index is -0.366. The minimum Gasteiger partial charge on any atom is -0.324 e. The molecule has 40 heavy (non-hydrogen) atoms. The lowest BCUT2D eigenvalue weighted by Crippen LogP contribution is -2.43. The third-order valence-corrected chi connectivity index (χ3v) is 9.02. The molecule has 1 saturated carbocycles. The molecule has 0 bridgehead atoms. The van der Waals surface area contributed by atoms with Crippen LogP contribution in [-0.4, -0.2) is 47.2 Å². The highest BCUT2D eigenvalue weighted by molar-refractivity contribution is 6.02. The Morgan fingerprint density at radius 2 is 1.77 bits per heavy atom. The second-order valence-electron chi connectivity index (χ2n) is 12.1. The Bertz CT molecular complexity index is 1070. The van der Waals surface area contributed by atoms with Crippen LogP contribution >= 0.6 is 0 Å². The summed E-state index contributed by atoms with van der Waals surface area (Å²) < 4.78 is 0. The van der Waals surface area contributed by atoms with Gasteiger partial charge in [-0.25, -0.2) is 0 Å². The van der Waals surface area contributed by atoms with Crippen molar-refractivity contribution >= 4 is 11.7 Å². The van der Waals surface area contributed by atoms with E-state index in [1.54, 1.807) is 5.57 Å². The second kappa shape index (κ2) is 16.8. The lowest BCUT2D eigenvalue weighted by atomic mass is 9.85. The maximum absolute atomic E-state index is 13.6. The van der Waals surface area contributed by atoms with Crippen LogP contribution in [0, 0.1) is 17.8 Å². The largest absolute Gasteiger partial charge is 0.324 e. The van der Waals surface area contributed by atoms with Crippen LogP contribution in [0.5, 0.6) is 0 Å². The van der Waals surface area contributed by atoms with E-state index in [0.29, 0.717) is 13.0 Å². The van der Waals surface area contributed by atoms with Crippen molar-refractivity contribution in [2.45, 2.75) is 131 Å². The van der Waals surface area contributed by atoms with Crippen molar-refractivity contribution < 1.29 is 9.59 Å². The minimum absolute atomic E-state index is 0.00616. The van der Waals surface area contributed by atoms with Gasteiger partial charge < -0.3 is 9.80 Å². The molecule has 3 rings (SSSR count). The Morgan fingerprint density at radius 1 is 1.02 bits per heavy atom. The molecule has 1 aliphatic heterocycles. The van der Waals surface area contributed by atoms with E-state index in [9.17, 15) is 9.59 Å². The molecule has 0 spiro atoms. The van der Waals surface area contributed by atoms with E-state index in [1.807, 2.05) is 30.0 Å². The standard InChI is InChI=1S/C36H54N2O2/c1-6-9-13-25-37(24-7-2)26-14-11-10-12-17-31-20-16-21-32-33(31)27-38(36(32)40)34(35(39)28(4)8-3)23-22-29(5)30-18-15-19-30/h16,20-21,28,34H,6-11,13-15,18-19,22-27H2,1-5H3. The zero-order valence-electron chi connectivity index (χ0n) is 26.1. The van der Waals surface area contributed by atoms with Crippen molar-refractivity contribution in [1.29, 1.82) is 0 Å². The van der Waals surface area contributed by atoms with E-state index in [0.717, 1.165) is 48.9 Å². The summed E-state index contributed by atoms with van der Waals surface area (Å²) in [6, 6.07) is 5.53. The van der Waals surface area contributed by atoms with Crippen LogP contribution in [0.3, 0.4) is 0 Å².